The Morgan fingerprint density at radius 3 is 2.83 bits per heavy atom. The van der Waals surface area contributed by atoms with Gasteiger partial charge < -0.3 is 4.74 Å². The van der Waals surface area contributed by atoms with Crippen molar-refractivity contribution in [2.45, 2.75) is 19.1 Å². The number of likely N-dealkylation sites (tertiary alicyclic amines) is 1. The molecular formula is C15H24N6O2+2. The molecule has 2 aliphatic heterocycles. The maximum absolute atomic E-state index is 12.2. The third-order valence-electron chi connectivity index (χ3n) is 5.17. The number of ether oxygens (including phenoxy) is 1. The SMILES string of the molecule is C[N+]1(C(N2CCOCC2)n2[nH][n+](=O)c3ncccc32)CCCC1. The monoisotopic (exact) mass is 320 g/mol. The number of pyridine rings is 1. The summed E-state index contributed by atoms with van der Waals surface area (Å²) in [6.07, 6.45) is 4.19. The number of hydrogen-bond acceptors (Lipinski definition) is 4. The Kier molecular flexibility index (Phi) is 3.67. The second kappa shape index (κ2) is 5.70. The number of fused-ring (bicyclic) bond motifs is 1. The molecule has 4 rings (SSSR count). The van der Waals surface area contributed by atoms with Crippen molar-refractivity contribution in [3.05, 3.63) is 23.2 Å². The number of nitrogens with one attached hydrogen (secondary N) is 1. The van der Waals surface area contributed by atoms with Crippen LogP contribution in [-0.4, -0.2) is 70.7 Å². The molecule has 0 saturated carbocycles. The molecule has 2 aliphatic rings. The lowest BCUT2D eigenvalue weighted by molar-refractivity contribution is -0.952. The highest BCUT2D eigenvalue weighted by Gasteiger charge is 2.45. The van der Waals surface area contributed by atoms with E-state index in [1.807, 2.05) is 16.8 Å². The largest absolute Gasteiger partial charge is 0.379 e. The normalized spacial score (nSPS) is 23.3. The lowest BCUT2D eigenvalue weighted by atomic mass is 10.3. The van der Waals surface area contributed by atoms with Gasteiger partial charge in [0, 0.05) is 25.9 Å². The zero-order valence-electron chi connectivity index (χ0n) is 13.5. The van der Waals surface area contributed by atoms with Crippen LogP contribution in [0.5, 0.6) is 0 Å². The summed E-state index contributed by atoms with van der Waals surface area (Å²) in [5.41, 5.74) is 1.29. The Morgan fingerprint density at radius 2 is 2.09 bits per heavy atom. The molecule has 124 valence electrons. The molecule has 1 atom stereocenters. The van der Waals surface area contributed by atoms with Crippen LogP contribution in [0.4, 0.5) is 0 Å². The summed E-state index contributed by atoms with van der Waals surface area (Å²) < 4.78 is 9.21. The van der Waals surface area contributed by atoms with E-state index in [4.69, 9.17) is 4.74 Å². The Balaban J connectivity index is 1.84. The number of hydrogen-bond donors (Lipinski definition) is 1. The minimum atomic E-state index is 0.0725. The molecule has 2 fully saturated rings. The van der Waals surface area contributed by atoms with Crippen molar-refractivity contribution in [3.63, 3.8) is 0 Å². The van der Waals surface area contributed by atoms with Crippen LogP contribution < -0.4 is 4.54 Å². The highest BCUT2D eigenvalue weighted by molar-refractivity contribution is 5.65. The first-order valence-electron chi connectivity index (χ1n) is 8.33. The fraction of sp³-hybridized carbons (Fsp3) is 0.667. The molecule has 2 aromatic rings. The molecular weight excluding hydrogens is 296 g/mol. The van der Waals surface area contributed by atoms with E-state index in [0.29, 0.717) is 5.65 Å². The van der Waals surface area contributed by atoms with Gasteiger partial charge in [-0.05, 0) is 12.1 Å². The summed E-state index contributed by atoms with van der Waals surface area (Å²) >= 11 is 0. The van der Waals surface area contributed by atoms with Crippen molar-refractivity contribution in [3.8, 4) is 0 Å². The van der Waals surface area contributed by atoms with E-state index in [0.717, 1.165) is 53.9 Å². The maximum atomic E-state index is 12.2. The molecule has 1 N–H and O–H groups in total. The molecule has 0 radical (unpaired) electrons. The van der Waals surface area contributed by atoms with Crippen molar-refractivity contribution in [1.82, 2.24) is 19.8 Å². The molecule has 23 heavy (non-hydrogen) atoms. The highest BCUT2D eigenvalue weighted by Crippen LogP contribution is 2.32. The second-order valence-corrected chi connectivity index (χ2v) is 6.74. The van der Waals surface area contributed by atoms with E-state index in [1.165, 1.54) is 12.8 Å². The third kappa shape index (κ3) is 2.46. The fourth-order valence-corrected chi connectivity index (χ4v) is 4.04. The predicted octanol–water partition coefficient (Wildman–Crippen LogP) is 0.308. The summed E-state index contributed by atoms with van der Waals surface area (Å²) in [4.78, 5) is 18.9. The molecule has 0 amide bonds. The zero-order chi connectivity index (χ0) is 15.9. The summed E-state index contributed by atoms with van der Waals surface area (Å²) in [7, 11) is 2.29. The van der Waals surface area contributed by atoms with Gasteiger partial charge in [0.1, 0.15) is 6.20 Å². The summed E-state index contributed by atoms with van der Waals surface area (Å²) in [6.45, 7) is 5.48. The van der Waals surface area contributed by atoms with Crippen LogP contribution in [0.25, 0.3) is 11.2 Å². The van der Waals surface area contributed by atoms with Gasteiger partial charge in [-0.25, -0.2) is 4.90 Å². The maximum Gasteiger partial charge on any atom is 0.367 e. The molecule has 8 nitrogen and oxygen atoms in total. The minimum absolute atomic E-state index is 0.0725. The minimum Gasteiger partial charge on any atom is -0.379 e. The van der Waals surface area contributed by atoms with Gasteiger partial charge in [-0.3, -0.25) is 4.48 Å². The van der Waals surface area contributed by atoms with Gasteiger partial charge in [0.15, 0.2) is 0 Å². The van der Waals surface area contributed by atoms with E-state index < -0.39 is 0 Å². The number of rotatable bonds is 3. The van der Waals surface area contributed by atoms with E-state index in [9.17, 15) is 4.91 Å². The molecule has 0 bridgehead atoms. The summed E-state index contributed by atoms with van der Waals surface area (Å²) in [6, 6.07) is 3.84. The van der Waals surface area contributed by atoms with Gasteiger partial charge in [-0.15, -0.1) is 9.67 Å². The second-order valence-electron chi connectivity index (χ2n) is 6.74. The quantitative estimate of drug-likeness (QED) is 0.653. The van der Waals surface area contributed by atoms with E-state index >= 15 is 0 Å². The van der Waals surface area contributed by atoms with Crippen LogP contribution in [0.15, 0.2) is 18.3 Å². The van der Waals surface area contributed by atoms with Crippen molar-refractivity contribution < 1.29 is 13.8 Å². The first-order chi connectivity index (χ1) is 11.2. The van der Waals surface area contributed by atoms with Gasteiger partial charge in [0.25, 0.3) is 6.29 Å². The topological polar surface area (TPSA) is 69.1 Å². The molecule has 0 aliphatic carbocycles. The number of morpholine rings is 1. The van der Waals surface area contributed by atoms with Gasteiger partial charge in [0.05, 0.1) is 37.9 Å². The van der Waals surface area contributed by atoms with Gasteiger partial charge >= 0.3 is 5.65 Å². The fourth-order valence-electron chi connectivity index (χ4n) is 4.04. The van der Waals surface area contributed by atoms with E-state index in [2.05, 4.69) is 22.1 Å². The lowest BCUT2D eigenvalue weighted by Gasteiger charge is -2.42. The van der Waals surface area contributed by atoms with Crippen molar-refractivity contribution >= 4 is 11.2 Å². The number of nitrogens with zero attached hydrogens (tertiary/aromatic N) is 5. The van der Waals surface area contributed by atoms with Gasteiger partial charge in [0.2, 0.25) is 5.52 Å². The van der Waals surface area contributed by atoms with Crippen LogP contribution in [0.1, 0.15) is 19.1 Å². The Morgan fingerprint density at radius 1 is 1.35 bits per heavy atom. The zero-order valence-corrected chi connectivity index (χ0v) is 13.5. The molecule has 2 saturated heterocycles. The standard InChI is InChI=1S/C15H24N6O2/c1-21(9-2-3-10-21)15(18-7-11-23-12-8-18)19-13-5-4-6-16-14(13)20(22)17-19/h4-6,15H,2-3,7-12H2,1H3,(H,17,22)/q+2. The average molecular weight is 320 g/mol. The van der Waals surface area contributed by atoms with E-state index in [-0.39, 0.29) is 6.29 Å². The van der Waals surface area contributed by atoms with Crippen LogP contribution in [-0.2, 0) is 4.74 Å². The Hall–Kier alpha value is -1.77. The molecule has 0 aromatic carbocycles. The van der Waals surface area contributed by atoms with Crippen molar-refractivity contribution in [1.29, 1.82) is 0 Å². The van der Waals surface area contributed by atoms with Crippen molar-refractivity contribution in [2.24, 2.45) is 0 Å². The summed E-state index contributed by atoms with van der Waals surface area (Å²) in [5, 5.41) is 2.97. The third-order valence-corrected chi connectivity index (χ3v) is 5.17. The van der Waals surface area contributed by atoms with Crippen LogP contribution >= 0.6 is 0 Å². The first-order valence-corrected chi connectivity index (χ1v) is 8.33. The summed E-state index contributed by atoms with van der Waals surface area (Å²) in [5.74, 6) is 0. The van der Waals surface area contributed by atoms with Crippen LogP contribution in [0.3, 0.4) is 0 Å². The van der Waals surface area contributed by atoms with Crippen molar-refractivity contribution in [2.75, 3.05) is 46.4 Å². The lowest BCUT2D eigenvalue weighted by Crippen LogP contribution is -2.57. The Labute approximate surface area is 134 Å². The molecule has 0 spiro atoms. The molecule has 1 unspecified atom stereocenters. The van der Waals surface area contributed by atoms with Gasteiger partial charge in [-0.1, -0.05) is 10.1 Å². The molecule has 8 heteroatoms. The van der Waals surface area contributed by atoms with Crippen LogP contribution in [0, 0.1) is 4.91 Å². The Bertz CT molecular complexity index is 742. The number of H-pyrrole nitrogens is 1. The molecule has 4 heterocycles. The predicted molar refractivity (Wildman–Crippen MR) is 84.0 cm³/mol. The van der Waals surface area contributed by atoms with Crippen LogP contribution in [0.2, 0.25) is 0 Å². The highest BCUT2D eigenvalue weighted by atomic mass is 16.5. The van der Waals surface area contributed by atoms with E-state index in [1.54, 1.807) is 6.20 Å². The number of aromatic nitrogens is 4. The first kappa shape index (κ1) is 14.8. The molecule has 2 aromatic heterocycles. The van der Waals surface area contributed by atoms with Gasteiger partial charge in [-0.2, -0.15) is 0 Å². The number of quaternary nitrogens is 1. The number of aromatic amines is 1. The smallest absolute Gasteiger partial charge is 0.367 e. The average Bonchev–Trinajstić information content (AvgIpc) is 3.15.